The largest absolute Gasteiger partial charge is 0.497 e. The minimum absolute atomic E-state index is 0.644. The van der Waals surface area contributed by atoms with Gasteiger partial charge in [-0.2, -0.15) is 9.37 Å². The molecule has 3 aromatic carbocycles. The van der Waals surface area contributed by atoms with Crippen LogP contribution in [0.4, 0.5) is 5.69 Å². The molecule has 0 atom stereocenters. The van der Waals surface area contributed by atoms with Crippen molar-refractivity contribution >= 4 is 23.1 Å². The topological polar surface area (TPSA) is 51.8 Å². The van der Waals surface area contributed by atoms with Gasteiger partial charge in [0.15, 0.2) is 5.84 Å². The van der Waals surface area contributed by atoms with E-state index in [-0.39, 0.29) is 0 Å². The number of amidine groups is 1. The molecule has 0 radical (unpaired) electrons. The number of methoxy groups -OCH3 is 1. The highest BCUT2D eigenvalue weighted by atomic mass is 32.1. The average Bonchev–Trinajstić information content (AvgIpc) is 3.15. The Bertz CT molecular complexity index is 1220. The molecule has 150 valence electrons. The highest BCUT2D eigenvalue weighted by Crippen LogP contribution is 2.17. The molecule has 0 aliphatic heterocycles. The van der Waals surface area contributed by atoms with Gasteiger partial charge in [0.1, 0.15) is 11.6 Å². The van der Waals surface area contributed by atoms with Crippen LogP contribution in [0.15, 0.2) is 88.8 Å². The molecule has 0 aliphatic rings. The fraction of sp³-hybridized carbons (Fsp3) is 0.125. The molecule has 0 spiro atoms. The summed E-state index contributed by atoms with van der Waals surface area (Å²) in [5, 5.41) is 0. The Morgan fingerprint density at radius 1 is 0.900 bits per heavy atom. The molecule has 0 saturated carbocycles. The summed E-state index contributed by atoms with van der Waals surface area (Å²) in [7, 11) is 1.66. The highest BCUT2D eigenvalue weighted by Gasteiger charge is 2.09. The predicted octanol–water partition coefficient (Wildman–Crippen LogP) is 5.24. The van der Waals surface area contributed by atoms with E-state index in [0.29, 0.717) is 5.84 Å². The molecule has 6 heteroatoms. The number of aryl methyl sites for hydroxylation is 2. The minimum Gasteiger partial charge on any atom is -0.497 e. The SMILES string of the molecule is COc1ccc(-n2c(C)nsc2=NC(=Nc2ccc(C)cc2)c2ccccc2)cc1. The quantitative estimate of drug-likeness (QED) is 0.339. The zero-order chi connectivity index (χ0) is 20.9. The van der Waals surface area contributed by atoms with E-state index in [1.165, 1.54) is 17.1 Å². The third-order valence-corrected chi connectivity index (χ3v) is 5.40. The van der Waals surface area contributed by atoms with Crippen molar-refractivity contribution in [3.63, 3.8) is 0 Å². The maximum Gasteiger partial charge on any atom is 0.215 e. The lowest BCUT2D eigenvalue weighted by atomic mass is 10.2. The van der Waals surface area contributed by atoms with Crippen LogP contribution >= 0.6 is 11.5 Å². The lowest BCUT2D eigenvalue weighted by Gasteiger charge is -2.07. The van der Waals surface area contributed by atoms with E-state index in [0.717, 1.165) is 33.3 Å². The first-order valence-electron chi connectivity index (χ1n) is 9.59. The Balaban J connectivity index is 1.86. The molecule has 30 heavy (non-hydrogen) atoms. The van der Waals surface area contributed by atoms with Crippen molar-refractivity contribution in [2.24, 2.45) is 9.98 Å². The molecule has 0 bridgehead atoms. The molecule has 1 aromatic heterocycles. The standard InChI is InChI=1S/C24H22N4OS/c1-17-9-11-20(12-10-17)25-23(19-7-5-4-6-8-19)26-24-28(18(2)27-30-24)21-13-15-22(29-3)16-14-21/h4-16H,1-3H3. The van der Waals surface area contributed by atoms with E-state index in [4.69, 9.17) is 14.7 Å². The predicted molar refractivity (Wildman–Crippen MR) is 122 cm³/mol. The lowest BCUT2D eigenvalue weighted by Crippen LogP contribution is -2.17. The monoisotopic (exact) mass is 414 g/mol. The van der Waals surface area contributed by atoms with Crippen LogP contribution in [0, 0.1) is 13.8 Å². The maximum absolute atomic E-state index is 5.28. The van der Waals surface area contributed by atoms with Crippen molar-refractivity contribution in [2.75, 3.05) is 7.11 Å². The molecule has 0 saturated heterocycles. The van der Waals surface area contributed by atoms with Crippen molar-refractivity contribution in [2.45, 2.75) is 13.8 Å². The molecule has 0 N–H and O–H groups in total. The number of aromatic nitrogens is 2. The Labute approximate surface area is 179 Å². The van der Waals surface area contributed by atoms with Crippen LogP contribution in [0.3, 0.4) is 0 Å². The Morgan fingerprint density at radius 3 is 2.27 bits per heavy atom. The number of rotatable bonds is 4. The normalized spacial score (nSPS) is 12.2. The van der Waals surface area contributed by atoms with Gasteiger partial charge in [-0.05, 0) is 50.2 Å². The van der Waals surface area contributed by atoms with Crippen LogP contribution in [-0.2, 0) is 0 Å². The first kappa shape index (κ1) is 19.8. The summed E-state index contributed by atoms with van der Waals surface area (Å²) in [6.07, 6.45) is 0. The number of ether oxygens (including phenoxy) is 1. The van der Waals surface area contributed by atoms with Gasteiger partial charge in [0.25, 0.3) is 0 Å². The van der Waals surface area contributed by atoms with Gasteiger partial charge in [0.05, 0.1) is 12.8 Å². The Morgan fingerprint density at radius 2 is 1.60 bits per heavy atom. The van der Waals surface area contributed by atoms with Gasteiger partial charge in [-0.25, -0.2) is 4.99 Å². The smallest absolute Gasteiger partial charge is 0.215 e. The summed E-state index contributed by atoms with van der Waals surface area (Å²) in [5.74, 6) is 2.32. The Hall–Kier alpha value is -3.51. The molecule has 1 heterocycles. The van der Waals surface area contributed by atoms with E-state index in [2.05, 4.69) is 23.4 Å². The van der Waals surface area contributed by atoms with Crippen molar-refractivity contribution in [1.29, 1.82) is 0 Å². The van der Waals surface area contributed by atoms with Gasteiger partial charge in [0, 0.05) is 22.8 Å². The minimum atomic E-state index is 0.644. The van der Waals surface area contributed by atoms with Gasteiger partial charge in [-0.15, -0.1) is 0 Å². The van der Waals surface area contributed by atoms with Crippen LogP contribution in [0.5, 0.6) is 5.75 Å². The third kappa shape index (κ3) is 4.39. The van der Waals surface area contributed by atoms with Gasteiger partial charge >= 0.3 is 0 Å². The second-order valence-electron chi connectivity index (χ2n) is 6.79. The first-order chi connectivity index (χ1) is 14.6. The lowest BCUT2D eigenvalue weighted by molar-refractivity contribution is 0.414. The summed E-state index contributed by atoms with van der Waals surface area (Å²) < 4.78 is 11.8. The maximum atomic E-state index is 5.28. The van der Waals surface area contributed by atoms with Crippen LogP contribution in [0.2, 0.25) is 0 Å². The van der Waals surface area contributed by atoms with Crippen LogP contribution in [0.25, 0.3) is 5.69 Å². The zero-order valence-electron chi connectivity index (χ0n) is 17.1. The zero-order valence-corrected chi connectivity index (χ0v) is 17.9. The summed E-state index contributed by atoms with van der Waals surface area (Å²) >= 11 is 1.35. The van der Waals surface area contributed by atoms with Crippen LogP contribution in [0.1, 0.15) is 17.0 Å². The molecule has 5 nitrogen and oxygen atoms in total. The summed E-state index contributed by atoms with van der Waals surface area (Å²) in [6, 6.07) is 26.0. The molecule has 0 aliphatic carbocycles. The number of nitrogens with zero attached hydrogens (tertiary/aromatic N) is 4. The van der Waals surface area contributed by atoms with E-state index >= 15 is 0 Å². The van der Waals surface area contributed by atoms with E-state index in [1.807, 2.05) is 78.2 Å². The van der Waals surface area contributed by atoms with Crippen molar-refractivity contribution in [3.05, 3.63) is 101 Å². The molecular formula is C24H22N4OS. The van der Waals surface area contributed by atoms with E-state index in [9.17, 15) is 0 Å². The fourth-order valence-corrected chi connectivity index (χ4v) is 3.74. The van der Waals surface area contributed by atoms with Crippen LogP contribution in [-0.4, -0.2) is 21.9 Å². The number of benzene rings is 3. The summed E-state index contributed by atoms with van der Waals surface area (Å²) in [5.41, 5.74) is 3.98. The van der Waals surface area contributed by atoms with E-state index < -0.39 is 0 Å². The Kier molecular flexibility index (Phi) is 5.86. The van der Waals surface area contributed by atoms with Crippen molar-refractivity contribution in [3.8, 4) is 11.4 Å². The van der Waals surface area contributed by atoms with Gasteiger partial charge < -0.3 is 4.74 Å². The third-order valence-electron chi connectivity index (χ3n) is 4.61. The molecular weight excluding hydrogens is 392 g/mol. The summed E-state index contributed by atoms with van der Waals surface area (Å²) in [4.78, 5) is 10.5. The number of hydrogen-bond donors (Lipinski definition) is 0. The molecule has 0 amide bonds. The molecule has 4 rings (SSSR count). The molecule has 4 aromatic rings. The number of aliphatic imine (C=N–C) groups is 1. The summed E-state index contributed by atoms with van der Waals surface area (Å²) in [6.45, 7) is 4.03. The fourth-order valence-electron chi connectivity index (χ4n) is 3.00. The average molecular weight is 415 g/mol. The van der Waals surface area contributed by atoms with Crippen LogP contribution < -0.4 is 9.54 Å². The van der Waals surface area contributed by atoms with Gasteiger partial charge in [-0.1, -0.05) is 48.0 Å². The van der Waals surface area contributed by atoms with Crippen molar-refractivity contribution in [1.82, 2.24) is 8.94 Å². The van der Waals surface area contributed by atoms with Crippen molar-refractivity contribution < 1.29 is 4.74 Å². The first-order valence-corrected chi connectivity index (χ1v) is 10.4. The highest BCUT2D eigenvalue weighted by molar-refractivity contribution is 7.02. The second-order valence-corrected chi connectivity index (χ2v) is 7.52. The number of hydrogen-bond acceptors (Lipinski definition) is 4. The van der Waals surface area contributed by atoms with E-state index in [1.54, 1.807) is 7.11 Å². The molecule has 0 unspecified atom stereocenters. The molecule has 0 fully saturated rings. The van der Waals surface area contributed by atoms with Gasteiger partial charge in [-0.3, -0.25) is 4.57 Å². The second kappa shape index (κ2) is 8.88. The van der Waals surface area contributed by atoms with Gasteiger partial charge in [0.2, 0.25) is 4.80 Å².